The van der Waals surface area contributed by atoms with E-state index in [0.29, 0.717) is 0 Å². The van der Waals surface area contributed by atoms with Gasteiger partial charge in [0.2, 0.25) is 0 Å². The van der Waals surface area contributed by atoms with Gasteiger partial charge in [-0.25, -0.2) is 0 Å². The lowest BCUT2D eigenvalue weighted by atomic mass is 10.2. The van der Waals surface area contributed by atoms with E-state index >= 15 is 0 Å². The molecule has 0 bridgehead atoms. The summed E-state index contributed by atoms with van der Waals surface area (Å²) in [6.45, 7) is 5.90. The molecule has 0 spiro atoms. The van der Waals surface area contributed by atoms with E-state index in [0.717, 1.165) is 17.0 Å². The molecule has 1 aromatic carbocycles. The predicted molar refractivity (Wildman–Crippen MR) is 72.5 cm³/mol. The maximum absolute atomic E-state index is 11.9. The molecule has 94 valence electrons. The average Bonchev–Trinajstić information content (AvgIpc) is 2.32. The van der Waals surface area contributed by atoms with Crippen LogP contribution >= 0.6 is 0 Å². The number of rotatable bonds is 3. The molecule has 1 aromatic heterocycles. The van der Waals surface area contributed by atoms with Gasteiger partial charge < -0.3 is 4.74 Å². The molecule has 0 aliphatic carbocycles. The number of para-hydroxylation sites is 2. The van der Waals surface area contributed by atoms with E-state index < -0.39 is 0 Å². The molecule has 3 heteroatoms. The standard InChI is InChI=1S/C15H17NO2/c1-11(2)18-14-7-5-4-6-13(14)16-10-12(3)8-9-15(16)17/h4-11H,1-3H3. The van der Waals surface area contributed by atoms with Gasteiger partial charge in [0.15, 0.2) is 0 Å². The Hall–Kier alpha value is -2.03. The molecule has 2 aromatic rings. The molecular weight excluding hydrogens is 226 g/mol. The molecule has 3 nitrogen and oxygen atoms in total. The minimum Gasteiger partial charge on any atom is -0.489 e. The van der Waals surface area contributed by atoms with Crippen molar-refractivity contribution in [3.8, 4) is 11.4 Å². The molecule has 2 rings (SSSR count). The molecular formula is C15H17NO2. The molecule has 0 fully saturated rings. The minimum atomic E-state index is -0.0552. The average molecular weight is 243 g/mol. The second kappa shape index (κ2) is 5.08. The first-order valence-corrected chi connectivity index (χ1v) is 6.03. The Labute approximate surface area is 107 Å². The Morgan fingerprint density at radius 2 is 1.83 bits per heavy atom. The highest BCUT2D eigenvalue weighted by Gasteiger charge is 2.08. The fourth-order valence-electron chi connectivity index (χ4n) is 1.79. The lowest BCUT2D eigenvalue weighted by Crippen LogP contribution is -2.18. The van der Waals surface area contributed by atoms with Crippen molar-refractivity contribution in [3.63, 3.8) is 0 Å². The molecule has 1 heterocycles. The molecule has 0 saturated heterocycles. The van der Waals surface area contributed by atoms with Gasteiger partial charge in [0, 0.05) is 12.3 Å². The first kappa shape index (κ1) is 12.4. The Balaban J connectivity index is 2.56. The third kappa shape index (κ3) is 2.62. The first-order chi connectivity index (χ1) is 8.58. The first-order valence-electron chi connectivity index (χ1n) is 6.03. The number of nitrogens with zero attached hydrogens (tertiary/aromatic N) is 1. The minimum absolute atomic E-state index is 0.0552. The number of ether oxygens (including phenoxy) is 1. The zero-order chi connectivity index (χ0) is 13.1. The lowest BCUT2D eigenvalue weighted by Gasteiger charge is -2.15. The second-order valence-electron chi connectivity index (χ2n) is 4.55. The third-order valence-corrected chi connectivity index (χ3v) is 2.55. The smallest absolute Gasteiger partial charge is 0.255 e. The maximum atomic E-state index is 11.9. The van der Waals surface area contributed by atoms with Crippen LogP contribution in [-0.2, 0) is 0 Å². The highest BCUT2D eigenvalue weighted by atomic mass is 16.5. The van der Waals surface area contributed by atoms with Gasteiger partial charge in [-0.3, -0.25) is 9.36 Å². The van der Waals surface area contributed by atoms with Crippen LogP contribution in [0.1, 0.15) is 19.4 Å². The van der Waals surface area contributed by atoms with Crippen molar-refractivity contribution < 1.29 is 4.74 Å². The van der Waals surface area contributed by atoms with Crippen LogP contribution in [0, 0.1) is 6.92 Å². The fourth-order valence-corrected chi connectivity index (χ4v) is 1.79. The van der Waals surface area contributed by atoms with E-state index in [1.54, 1.807) is 10.6 Å². The summed E-state index contributed by atoms with van der Waals surface area (Å²) in [6, 6.07) is 11.0. The van der Waals surface area contributed by atoms with Gasteiger partial charge in [-0.2, -0.15) is 0 Å². The number of benzene rings is 1. The molecule has 0 aliphatic rings. The van der Waals surface area contributed by atoms with E-state index in [1.165, 1.54) is 0 Å². The van der Waals surface area contributed by atoms with Gasteiger partial charge in [0.05, 0.1) is 11.8 Å². The molecule has 0 amide bonds. The van der Waals surface area contributed by atoms with Crippen molar-refractivity contribution in [2.24, 2.45) is 0 Å². The molecule has 0 atom stereocenters. The van der Waals surface area contributed by atoms with E-state index in [1.807, 2.05) is 57.3 Å². The molecule has 0 N–H and O–H groups in total. The Morgan fingerprint density at radius 1 is 1.11 bits per heavy atom. The van der Waals surface area contributed by atoms with E-state index in [4.69, 9.17) is 4.74 Å². The number of aryl methyl sites for hydroxylation is 1. The van der Waals surface area contributed by atoms with E-state index in [9.17, 15) is 4.79 Å². The van der Waals surface area contributed by atoms with Gasteiger partial charge in [0.25, 0.3) is 5.56 Å². The zero-order valence-corrected chi connectivity index (χ0v) is 10.9. The largest absolute Gasteiger partial charge is 0.489 e. The van der Waals surface area contributed by atoms with Crippen LogP contribution in [0.2, 0.25) is 0 Å². The predicted octanol–water partition coefficient (Wildman–Crippen LogP) is 2.93. The monoisotopic (exact) mass is 243 g/mol. The SMILES string of the molecule is Cc1ccc(=O)n(-c2ccccc2OC(C)C)c1. The van der Waals surface area contributed by atoms with Crippen LogP contribution in [0.25, 0.3) is 5.69 Å². The Bertz CT molecular complexity index is 599. The van der Waals surface area contributed by atoms with Crippen LogP contribution in [0.3, 0.4) is 0 Å². The summed E-state index contributed by atoms with van der Waals surface area (Å²) in [7, 11) is 0. The highest BCUT2D eigenvalue weighted by molar-refractivity contribution is 5.47. The Kier molecular flexibility index (Phi) is 3.51. The highest BCUT2D eigenvalue weighted by Crippen LogP contribution is 2.22. The van der Waals surface area contributed by atoms with Crippen molar-refractivity contribution in [2.75, 3.05) is 0 Å². The lowest BCUT2D eigenvalue weighted by molar-refractivity contribution is 0.241. The van der Waals surface area contributed by atoms with Gasteiger partial charge in [-0.15, -0.1) is 0 Å². The number of aromatic nitrogens is 1. The van der Waals surface area contributed by atoms with Gasteiger partial charge in [0.1, 0.15) is 5.75 Å². The van der Waals surface area contributed by atoms with Gasteiger partial charge in [-0.05, 0) is 38.5 Å². The quantitative estimate of drug-likeness (QED) is 0.830. The molecule has 0 aliphatic heterocycles. The summed E-state index contributed by atoms with van der Waals surface area (Å²) in [6.07, 6.45) is 1.90. The van der Waals surface area contributed by atoms with Crippen molar-refractivity contribution >= 4 is 0 Å². The van der Waals surface area contributed by atoms with Crippen LogP contribution in [0.4, 0.5) is 0 Å². The van der Waals surface area contributed by atoms with Gasteiger partial charge in [-0.1, -0.05) is 18.2 Å². The number of hydrogen-bond donors (Lipinski definition) is 0. The molecule has 18 heavy (non-hydrogen) atoms. The second-order valence-corrected chi connectivity index (χ2v) is 4.55. The van der Waals surface area contributed by atoms with Crippen LogP contribution < -0.4 is 10.3 Å². The zero-order valence-electron chi connectivity index (χ0n) is 10.9. The summed E-state index contributed by atoms with van der Waals surface area (Å²) in [5.74, 6) is 0.722. The van der Waals surface area contributed by atoms with Crippen molar-refractivity contribution in [1.29, 1.82) is 0 Å². The molecule has 0 unspecified atom stereocenters. The van der Waals surface area contributed by atoms with Crippen LogP contribution in [-0.4, -0.2) is 10.7 Å². The topological polar surface area (TPSA) is 31.2 Å². The van der Waals surface area contributed by atoms with Crippen LogP contribution in [0.5, 0.6) is 5.75 Å². The van der Waals surface area contributed by atoms with E-state index in [2.05, 4.69) is 0 Å². The van der Waals surface area contributed by atoms with Crippen molar-refractivity contribution in [3.05, 3.63) is 58.5 Å². The van der Waals surface area contributed by atoms with E-state index in [-0.39, 0.29) is 11.7 Å². The fraction of sp³-hybridized carbons (Fsp3) is 0.267. The number of pyridine rings is 1. The van der Waals surface area contributed by atoms with Gasteiger partial charge >= 0.3 is 0 Å². The molecule has 0 radical (unpaired) electrons. The summed E-state index contributed by atoms with van der Waals surface area (Å²) in [5.41, 5.74) is 1.76. The molecule has 0 saturated carbocycles. The Morgan fingerprint density at radius 3 is 2.56 bits per heavy atom. The summed E-state index contributed by atoms with van der Waals surface area (Å²) in [5, 5.41) is 0. The van der Waals surface area contributed by atoms with Crippen molar-refractivity contribution in [1.82, 2.24) is 4.57 Å². The van der Waals surface area contributed by atoms with Crippen LogP contribution in [0.15, 0.2) is 47.4 Å². The number of hydrogen-bond acceptors (Lipinski definition) is 2. The normalized spacial score (nSPS) is 10.7. The summed E-state index contributed by atoms with van der Waals surface area (Å²) < 4.78 is 7.35. The maximum Gasteiger partial charge on any atom is 0.255 e. The van der Waals surface area contributed by atoms with Crippen molar-refractivity contribution in [2.45, 2.75) is 26.9 Å². The summed E-state index contributed by atoms with van der Waals surface area (Å²) >= 11 is 0. The third-order valence-electron chi connectivity index (χ3n) is 2.55. The summed E-state index contributed by atoms with van der Waals surface area (Å²) in [4.78, 5) is 11.9.